The molecule has 2 saturated carbocycles. The van der Waals surface area contributed by atoms with Gasteiger partial charge in [-0.25, -0.2) is 0 Å². The molecule has 1 N–H and O–H groups in total. The molecule has 1 saturated heterocycles. The van der Waals surface area contributed by atoms with Crippen molar-refractivity contribution in [2.75, 3.05) is 13.7 Å². The van der Waals surface area contributed by atoms with Gasteiger partial charge >= 0.3 is 5.97 Å². The molecule has 0 bridgehead atoms. The molecule has 1 spiro atoms. The Labute approximate surface area is 108 Å². The van der Waals surface area contributed by atoms with Gasteiger partial charge in [0.25, 0.3) is 0 Å². The summed E-state index contributed by atoms with van der Waals surface area (Å²) in [6.45, 7) is 4.98. The average Bonchev–Trinajstić information content (AvgIpc) is 2.84. The second-order valence-corrected chi connectivity index (χ2v) is 7.01. The van der Waals surface area contributed by atoms with Crippen LogP contribution in [0.2, 0.25) is 0 Å². The highest BCUT2D eigenvalue weighted by Crippen LogP contribution is 2.68. The summed E-state index contributed by atoms with van der Waals surface area (Å²) in [6, 6.07) is 0. The first-order chi connectivity index (χ1) is 8.40. The Balaban J connectivity index is 1.95. The summed E-state index contributed by atoms with van der Waals surface area (Å²) in [5.41, 5.74) is 0.0288. The zero-order valence-corrected chi connectivity index (χ0v) is 11.3. The summed E-state index contributed by atoms with van der Waals surface area (Å²) in [7, 11) is 1.44. The number of carbonyl (C=O) groups excluding carboxylic acids is 1. The highest BCUT2D eigenvalue weighted by molar-refractivity contribution is 5.73. The van der Waals surface area contributed by atoms with E-state index in [4.69, 9.17) is 9.47 Å². The van der Waals surface area contributed by atoms with Crippen LogP contribution in [0, 0.1) is 28.6 Å². The van der Waals surface area contributed by atoms with Gasteiger partial charge in [-0.1, -0.05) is 13.8 Å². The van der Waals surface area contributed by atoms with E-state index >= 15 is 0 Å². The molecule has 0 aromatic carbocycles. The topological polar surface area (TPSA) is 55.8 Å². The van der Waals surface area contributed by atoms with E-state index in [0.29, 0.717) is 12.5 Å². The van der Waals surface area contributed by atoms with Crippen molar-refractivity contribution in [3.8, 4) is 0 Å². The minimum Gasteiger partial charge on any atom is -0.469 e. The lowest BCUT2D eigenvalue weighted by Gasteiger charge is -2.33. The van der Waals surface area contributed by atoms with E-state index in [1.807, 2.05) is 0 Å². The van der Waals surface area contributed by atoms with Crippen LogP contribution in [0.5, 0.6) is 0 Å². The molecule has 0 aromatic heterocycles. The van der Waals surface area contributed by atoms with Gasteiger partial charge in [-0.05, 0) is 30.6 Å². The number of hydrogen-bond acceptors (Lipinski definition) is 4. The van der Waals surface area contributed by atoms with E-state index in [0.717, 1.165) is 19.3 Å². The Kier molecular flexibility index (Phi) is 2.55. The summed E-state index contributed by atoms with van der Waals surface area (Å²) in [5.74, 6) is 0.295. The Morgan fingerprint density at radius 1 is 1.44 bits per heavy atom. The maximum absolute atomic E-state index is 11.9. The summed E-state index contributed by atoms with van der Waals surface area (Å²) in [6.07, 6.45) is 2.16. The Morgan fingerprint density at radius 2 is 2.17 bits per heavy atom. The van der Waals surface area contributed by atoms with E-state index in [-0.39, 0.29) is 28.6 Å². The van der Waals surface area contributed by atoms with Crippen molar-refractivity contribution < 1.29 is 19.4 Å². The maximum Gasteiger partial charge on any atom is 0.309 e. The van der Waals surface area contributed by atoms with E-state index in [9.17, 15) is 9.90 Å². The molecule has 1 heterocycles. The van der Waals surface area contributed by atoms with Gasteiger partial charge in [0.05, 0.1) is 19.6 Å². The van der Waals surface area contributed by atoms with Gasteiger partial charge in [0.2, 0.25) is 0 Å². The standard InChI is InChI=1S/C14H22O4/c1-13(2)5-8-4-9(11(15)17-3)10-6-18-12(16)14(8,10)7-13/h8-10,12,16H,4-7H2,1-3H3/t8-,9+,10+,12+,14-/m1/s1. The lowest BCUT2D eigenvalue weighted by atomic mass is 9.72. The lowest BCUT2D eigenvalue weighted by Crippen LogP contribution is -2.37. The second-order valence-electron chi connectivity index (χ2n) is 7.01. The Morgan fingerprint density at radius 3 is 2.83 bits per heavy atom. The fourth-order valence-electron chi connectivity index (χ4n) is 4.99. The van der Waals surface area contributed by atoms with Crippen LogP contribution in [0.25, 0.3) is 0 Å². The maximum atomic E-state index is 11.9. The molecule has 0 amide bonds. The molecular weight excluding hydrogens is 232 g/mol. The van der Waals surface area contributed by atoms with Crippen LogP contribution in [-0.2, 0) is 14.3 Å². The van der Waals surface area contributed by atoms with Crippen LogP contribution in [0.4, 0.5) is 0 Å². The normalized spacial score (nSPS) is 48.9. The van der Waals surface area contributed by atoms with E-state index < -0.39 is 6.29 Å². The molecule has 3 fully saturated rings. The number of esters is 1. The summed E-state index contributed by atoms with van der Waals surface area (Å²) in [5, 5.41) is 10.3. The van der Waals surface area contributed by atoms with Gasteiger partial charge in [0.15, 0.2) is 6.29 Å². The number of hydrogen-bond donors (Lipinski definition) is 1. The highest BCUT2D eigenvalue weighted by Gasteiger charge is 2.68. The van der Waals surface area contributed by atoms with Crippen LogP contribution in [0.15, 0.2) is 0 Å². The predicted molar refractivity (Wildman–Crippen MR) is 64.5 cm³/mol. The zero-order chi connectivity index (χ0) is 13.1. The minimum atomic E-state index is -0.705. The molecule has 2 aliphatic carbocycles. The smallest absolute Gasteiger partial charge is 0.309 e. The number of rotatable bonds is 1. The van der Waals surface area contributed by atoms with Crippen molar-refractivity contribution in [2.24, 2.45) is 28.6 Å². The molecule has 3 rings (SSSR count). The molecule has 102 valence electrons. The lowest BCUT2D eigenvalue weighted by molar-refractivity contribution is -0.147. The molecule has 4 nitrogen and oxygen atoms in total. The van der Waals surface area contributed by atoms with Crippen LogP contribution in [-0.4, -0.2) is 31.1 Å². The first-order valence-electron chi connectivity index (χ1n) is 6.78. The predicted octanol–water partition coefficient (Wildman–Crippen LogP) is 1.57. The molecular formula is C14H22O4. The van der Waals surface area contributed by atoms with E-state index in [1.165, 1.54) is 7.11 Å². The Hall–Kier alpha value is -0.610. The monoisotopic (exact) mass is 254 g/mol. The summed E-state index contributed by atoms with van der Waals surface area (Å²) < 4.78 is 10.4. The van der Waals surface area contributed by atoms with Gasteiger partial charge in [0.1, 0.15) is 0 Å². The van der Waals surface area contributed by atoms with Crippen molar-refractivity contribution in [1.29, 1.82) is 0 Å². The van der Waals surface area contributed by atoms with Gasteiger partial charge in [-0.2, -0.15) is 0 Å². The molecule has 4 heteroatoms. The number of aliphatic hydroxyl groups excluding tert-OH is 1. The summed E-state index contributed by atoms with van der Waals surface area (Å²) in [4.78, 5) is 11.9. The zero-order valence-electron chi connectivity index (χ0n) is 11.3. The third-order valence-electron chi connectivity index (χ3n) is 5.46. The van der Waals surface area contributed by atoms with Crippen molar-refractivity contribution in [1.82, 2.24) is 0 Å². The number of ether oxygens (including phenoxy) is 2. The molecule has 18 heavy (non-hydrogen) atoms. The third kappa shape index (κ3) is 1.42. The van der Waals surface area contributed by atoms with Gasteiger partial charge < -0.3 is 14.6 Å². The molecule has 1 aliphatic heterocycles. The fraction of sp³-hybridized carbons (Fsp3) is 0.929. The Bertz CT molecular complexity index is 378. The van der Waals surface area contributed by atoms with Crippen molar-refractivity contribution in [3.63, 3.8) is 0 Å². The SMILES string of the molecule is COC(=O)[C@H]1C[C@@H]2CC(C)(C)C[C@@]23[C@@H](O)OC[C@@H]13. The molecule has 0 unspecified atom stereocenters. The van der Waals surface area contributed by atoms with E-state index in [1.54, 1.807) is 0 Å². The number of methoxy groups -OCH3 is 1. The van der Waals surface area contributed by atoms with Crippen molar-refractivity contribution in [3.05, 3.63) is 0 Å². The van der Waals surface area contributed by atoms with Crippen molar-refractivity contribution >= 4 is 5.97 Å². The molecule has 0 aromatic rings. The second kappa shape index (κ2) is 3.70. The van der Waals surface area contributed by atoms with E-state index in [2.05, 4.69) is 13.8 Å². The van der Waals surface area contributed by atoms with Crippen LogP contribution < -0.4 is 0 Å². The van der Waals surface area contributed by atoms with Crippen LogP contribution in [0.3, 0.4) is 0 Å². The van der Waals surface area contributed by atoms with Crippen LogP contribution >= 0.6 is 0 Å². The number of carbonyl (C=O) groups is 1. The summed E-state index contributed by atoms with van der Waals surface area (Å²) >= 11 is 0. The minimum absolute atomic E-state index is 0.0896. The highest BCUT2D eigenvalue weighted by atomic mass is 16.6. The molecule has 0 radical (unpaired) electrons. The van der Waals surface area contributed by atoms with Gasteiger partial charge in [0, 0.05) is 11.3 Å². The first kappa shape index (κ1) is 12.4. The first-order valence-corrected chi connectivity index (χ1v) is 6.78. The average molecular weight is 254 g/mol. The van der Waals surface area contributed by atoms with Gasteiger partial charge in [-0.15, -0.1) is 0 Å². The number of aliphatic hydroxyl groups is 1. The van der Waals surface area contributed by atoms with Crippen molar-refractivity contribution in [2.45, 2.75) is 39.4 Å². The fourth-order valence-corrected chi connectivity index (χ4v) is 4.99. The van der Waals surface area contributed by atoms with Crippen LogP contribution in [0.1, 0.15) is 33.1 Å². The quantitative estimate of drug-likeness (QED) is 0.722. The third-order valence-corrected chi connectivity index (χ3v) is 5.46. The van der Waals surface area contributed by atoms with Gasteiger partial charge in [-0.3, -0.25) is 4.79 Å². The largest absolute Gasteiger partial charge is 0.469 e. The molecule has 3 aliphatic rings. The molecule has 5 atom stereocenters.